The number of carbonyl (C=O) groups is 1. The van der Waals surface area contributed by atoms with Crippen molar-refractivity contribution in [3.8, 4) is 0 Å². The molecule has 0 saturated carbocycles. The van der Waals surface area contributed by atoms with E-state index in [1.165, 1.54) is 23.3 Å². The molecule has 1 heterocycles. The van der Waals surface area contributed by atoms with E-state index >= 15 is 0 Å². The van der Waals surface area contributed by atoms with Crippen molar-refractivity contribution in [3.63, 3.8) is 0 Å². The molecule has 2 atom stereocenters. The Labute approximate surface area is 167 Å². The Kier molecular flexibility index (Phi) is 6.30. The molecular weight excluding hydrogens is 351 g/mol. The van der Waals surface area contributed by atoms with Crippen molar-refractivity contribution in [2.24, 2.45) is 0 Å². The predicted octanol–water partition coefficient (Wildman–Crippen LogP) is 4.58. The molecule has 1 aliphatic heterocycles. The molecule has 0 aromatic heterocycles. The molecule has 3 rings (SSSR count). The van der Waals surface area contributed by atoms with Gasteiger partial charge in [-0.15, -0.1) is 0 Å². The monoisotopic (exact) mass is 380 g/mol. The number of rotatable bonds is 4. The molecule has 0 unspecified atom stereocenters. The highest BCUT2D eigenvalue weighted by molar-refractivity contribution is 5.92. The zero-order valence-electron chi connectivity index (χ0n) is 17.2. The number of carbonyl (C=O) groups excluding carboxylic acids is 1. The van der Waals surface area contributed by atoms with Crippen molar-refractivity contribution < 1.29 is 9.18 Å². The van der Waals surface area contributed by atoms with Crippen LogP contribution in [0.2, 0.25) is 0 Å². The van der Waals surface area contributed by atoms with Crippen molar-refractivity contribution >= 4 is 12.0 Å². The molecular formula is C24H29FN2O. The van der Waals surface area contributed by atoms with Gasteiger partial charge < -0.3 is 4.90 Å². The van der Waals surface area contributed by atoms with Gasteiger partial charge in [-0.3, -0.25) is 9.69 Å². The van der Waals surface area contributed by atoms with Gasteiger partial charge in [0.15, 0.2) is 0 Å². The van der Waals surface area contributed by atoms with Gasteiger partial charge in [-0.1, -0.05) is 35.9 Å². The summed E-state index contributed by atoms with van der Waals surface area (Å²) in [7, 11) is 0. The molecule has 1 fully saturated rings. The molecule has 1 saturated heterocycles. The lowest BCUT2D eigenvalue weighted by Crippen LogP contribution is -2.57. The third-order valence-electron chi connectivity index (χ3n) is 5.53. The second-order valence-electron chi connectivity index (χ2n) is 7.94. The predicted molar refractivity (Wildman–Crippen MR) is 112 cm³/mol. The standard InChI is InChI=1S/C24H29FN2O/c1-17-5-8-22(18(2)13-17)9-12-24(28)27-15-19(3)26(14-20(27)4)16-21-6-10-23(25)11-7-21/h5-13,19-20H,14-16H2,1-4H3/t19-,20+/m0/s1. The molecule has 2 aromatic carbocycles. The lowest BCUT2D eigenvalue weighted by molar-refractivity contribution is -0.131. The second-order valence-corrected chi connectivity index (χ2v) is 7.94. The van der Waals surface area contributed by atoms with E-state index in [1.807, 2.05) is 23.1 Å². The van der Waals surface area contributed by atoms with Crippen molar-refractivity contribution in [1.82, 2.24) is 9.80 Å². The number of halogens is 1. The van der Waals surface area contributed by atoms with Crippen LogP contribution in [-0.2, 0) is 11.3 Å². The van der Waals surface area contributed by atoms with Crippen LogP contribution in [-0.4, -0.2) is 40.9 Å². The Morgan fingerprint density at radius 2 is 1.79 bits per heavy atom. The average molecular weight is 381 g/mol. The summed E-state index contributed by atoms with van der Waals surface area (Å²) in [6.45, 7) is 10.6. The second kappa shape index (κ2) is 8.70. The highest BCUT2D eigenvalue weighted by Crippen LogP contribution is 2.19. The number of hydrogen-bond acceptors (Lipinski definition) is 2. The lowest BCUT2D eigenvalue weighted by atomic mass is 10.0. The third kappa shape index (κ3) is 4.87. The van der Waals surface area contributed by atoms with Gasteiger partial charge in [0, 0.05) is 37.8 Å². The van der Waals surface area contributed by atoms with E-state index in [0.717, 1.165) is 24.2 Å². The summed E-state index contributed by atoms with van der Waals surface area (Å²) in [5.41, 5.74) is 4.57. The third-order valence-corrected chi connectivity index (χ3v) is 5.53. The maximum Gasteiger partial charge on any atom is 0.246 e. The van der Waals surface area contributed by atoms with Gasteiger partial charge in [0.25, 0.3) is 0 Å². The van der Waals surface area contributed by atoms with E-state index in [4.69, 9.17) is 0 Å². The van der Waals surface area contributed by atoms with Crippen LogP contribution in [0.3, 0.4) is 0 Å². The van der Waals surface area contributed by atoms with E-state index in [9.17, 15) is 9.18 Å². The van der Waals surface area contributed by atoms with Crippen LogP contribution in [0.15, 0.2) is 48.5 Å². The van der Waals surface area contributed by atoms with E-state index < -0.39 is 0 Å². The molecule has 1 aliphatic rings. The fourth-order valence-electron chi connectivity index (χ4n) is 3.82. The number of nitrogens with zero attached hydrogens (tertiary/aromatic N) is 2. The quantitative estimate of drug-likeness (QED) is 0.725. The number of piperazine rings is 1. The largest absolute Gasteiger partial charge is 0.334 e. The first-order chi connectivity index (χ1) is 13.3. The van der Waals surface area contributed by atoms with Crippen LogP contribution in [0.5, 0.6) is 0 Å². The Hall–Kier alpha value is -2.46. The van der Waals surface area contributed by atoms with Crippen molar-refractivity contribution in [2.45, 2.75) is 46.3 Å². The summed E-state index contributed by atoms with van der Waals surface area (Å²) < 4.78 is 13.1. The Balaban J connectivity index is 1.63. The SMILES string of the molecule is Cc1ccc(C=CC(=O)N2C[C@H](C)N(Cc3ccc(F)cc3)C[C@H]2C)c(C)c1. The number of amides is 1. The molecule has 3 nitrogen and oxygen atoms in total. The summed E-state index contributed by atoms with van der Waals surface area (Å²) in [6.07, 6.45) is 3.61. The van der Waals surface area contributed by atoms with Crippen LogP contribution < -0.4 is 0 Å². The smallest absolute Gasteiger partial charge is 0.246 e. The maximum atomic E-state index is 13.1. The Morgan fingerprint density at radius 1 is 1.07 bits per heavy atom. The van der Waals surface area contributed by atoms with Gasteiger partial charge in [-0.2, -0.15) is 0 Å². The minimum Gasteiger partial charge on any atom is -0.334 e. The zero-order chi connectivity index (χ0) is 20.3. The van der Waals surface area contributed by atoms with Crippen molar-refractivity contribution in [2.75, 3.05) is 13.1 Å². The molecule has 0 N–H and O–H groups in total. The van der Waals surface area contributed by atoms with Gasteiger partial charge in [0.2, 0.25) is 5.91 Å². The zero-order valence-corrected chi connectivity index (χ0v) is 17.2. The molecule has 0 spiro atoms. The molecule has 2 aromatic rings. The molecule has 1 amide bonds. The number of hydrogen-bond donors (Lipinski definition) is 0. The highest BCUT2D eigenvalue weighted by atomic mass is 19.1. The van der Waals surface area contributed by atoms with Crippen molar-refractivity contribution in [3.05, 3.63) is 76.6 Å². The van der Waals surface area contributed by atoms with Gasteiger partial charge in [-0.05, 0) is 62.6 Å². The number of benzene rings is 2. The highest BCUT2D eigenvalue weighted by Gasteiger charge is 2.30. The summed E-state index contributed by atoms with van der Waals surface area (Å²) in [4.78, 5) is 17.1. The average Bonchev–Trinajstić information content (AvgIpc) is 2.65. The van der Waals surface area contributed by atoms with Gasteiger partial charge in [0.05, 0.1) is 0 Å². The van der Waals surface area contributed by atoms with E-state index in [-0.39, 0.29) is 23.8 Å². The topological polar surface area (TPSA) is 23.6 Å². The molecule has 0 bridgehead atoms. The summed E-state index contributed by atoms with van der Waals surface area (Å²) in [6, 6.07) is 13.3. The van der Waals surface area contributed by atoms with Gasteiger partial charge in [0.1, 0.15) is 5.82 Å². The molecule has 0 aliphatic carbocycles. The van der Waals surface area contributed by atoms with E-state index in [0.29, 0.717) is 6.54 Å². The molecule has 28 heavy (non-hydrogen) atoms. The molecule has 148 valence electrons. The minimum absolute atomic E-state index is 0.0563. The van der Waals surface area contributed by atoms with Gasteiger partial charge >= 0.3 is 0 Å². The fourth-order valence-corrected chi connectivity index (χ4v) is 3.82. The first kappa shape index (κ1) is 20.3. The minimum atomic E-state index is -0.212. The van der Waals surface area contributed by atoms with E-state index in [1.54, 1.807) is 6.08 Å². The van der Waals surface area contributed by atoms with Crippen LogP contribution >= 0.6 is 0 Å². The summed E-state index contributed by atoms with van der Waals surface area (Å²) >= 11 is 0. The first-order valence-electron chi connectivity index (χ1n) is 9.88. The molecule has 0 radical (unpaired) electrons. The number of aryl methyl sites for hydroxylation is 2. The molecule has 4 heteroatoms. The van der Waals surface area contributed by atoms with Crippen LogP contribution in [0.4, 0.5) is 4.39 Å². The van der Waals surface area contributed by atoms with Gasteiger partial charge in [-0.25, -0.2) is 4.39 Å². The first-order valence-corrected chi connectivity index (χ1v) is 9.88. The fraction of sp³-hybridized carbons (Fsp3) is 0.375. The van der Waals surface area contributed by atoms with Crippen LogP contribution in [0.1, 0.15) is 36.1 Å². The summed E-state index contributed by atoms with van der Waals surface area (Å²) in [5.74, 6) is -0.156. The van der Waals surface area contributed by atoms with Crippen LogP contribution in [0, 0.1) is 19.7 Å². The van der Waals surface area contributed by atoms with E-state index in [2.05, 4.69) is 50.8 Å². The Morgan fingerprint density at radius 3 is 2.46 bits per heavy atom. The van der Waals surface area contributed by atoms with Crippen LogP contribution in [0.25, 0.3) is 6.08 Å². The lowest BCUT2D eigenvalue weighted by Gasteiger charge is -2.44. The normalized spacial score (nSPS) is 20.7. The van der Waals surface area contributed by atoms with Crippen molar-refractivity contribution in [1.29, 1.82) is 0 Å². The Bertz CT molecular complexity index is 859. The summed E-state index contributed by atoms with van der Waals surface area (Å²) in [5, 5.41) is 0. The maximum absolute atomic E-state index is 13.1.